The Labute approximate surface area is 106 Å². The number of ether oxygens (including phenoxy) is 2. The number of carbonyl (C=O) groups is 1. The SMILES string of the molecule is CC12OC(C)(C3OOC1O3)C1CCCCC2C1=O. The highest BCUT2D eigenvalue weighted by atomic mass is 17.3. The molecule has 0 aromatic rings. The molecule has 3 heterocycles. The Morgan fingerprint density at radius 2 is 1.50 bits per heavy atom. The highest BCUT2D eigenvalue weighted by Gasteiger charge is 2.70. The number of rotatable bonds is 0. The van der Waals surface area contributed by atoms with Gasteiger partial charge in [-0.2, -0.15) is 9.78 Å². The summed E-state index contributed by atoms with van der Waals surface area (Å²) in [6.45, 7) is 3.84. The lowest BCUT2D eigenvalue weighted by Gasteiger charge is -2.55. The molecule has 0 N–H and O–H groups in total. The molecule has 0 aromatic carbocycles. The summed E-state index contributed by atoms with van der Waals surface area (Å²) in [4.78, 5) is 23.2. The summed E-state index contributed by atoms with van der Waals surface area (Å²) in [6.07, 6.45) is 2.69. The van der Waals surface area contributed by atoms with Gasteiger partial charge in [0.25, 0.3) is 0 Å². The quantitative estimate of drug-likeness (QED) is 0.614. The average molecular weight is 254 g/mol. The Balaban J connectivity index is 1.87. The molecule has 6 atom stereocenters. The smallest absolute Gasteiger partial charge is 0.223 e. The van der Waals surface area contributed by atoms with Crippen molar-refractivity contribution in [2.24, 2.45) is 11.8 Å². The molecule has 18 heavy (non-hydrogen) atoms. The summed E-state index contributed by atoms with van der Waals surface area (Å²) < 4.78 is 12.1. The molecule has 6 bridgehead atoms. The minimum Gasteiger partial charge on any atom is -0.357 e. The zero-order valence-electron chi connectivity index (χ0n) is 10.7. The predicted molar refractivity (Wildman–Crippen MR) is 59.2 cm³/mol. The fraction of sp³-hybridized carbons (Fsp3) is 0.923. The lowest BCUT2D eigenvalue weighted by Crippen LogP contribution is -2.70. The highest BCUT2D eigenvalue weighted by molar-refractivity contribution is 5.87. The lowest BCUT2D eigenvalue weighted by atomic mass is 9.68. The van der Waals surface area contributed by atoms with Gasteiger partial charge in [-0.3, -0.25) is 4.79 Å². The van der Waals surface area contributed by atoms with Crippen molar-refractivity contribution in [2.75, 3.05) is 0 Å². The van der Waals surface area contributed by atoms with Gasteiger partial charge in [0.05, 0.1) is 11.8 Å². The van der Waals surface area contributed by atoms with E-state index in [0.717, 1.165) is 25.7 Å². The Hall–Kier alpha value is -0.490. The van der Waals surface area contributed by atoms with Crippen LogP contribution in [0.4, 0.5) is 0 Å². The van der Waals surface area contributed by atoms with Gasteiger partial charge in [0.15, 0.2) is 0 Å². The van der Waals surface area contributed by atoms with Gasteiger partial charge in [0, 0.05) is 0 Å². The third kappa shape index (κ3) is 1.14. The monoisotopic (exact) mass is 254 g/mol. The topological polar surface area (TPSA) is 54.0 Å². The van der Waals surface area contributed by atoms with Crippen LogP contribution in [-0.2, 0) is 24.0 Å². The van der Waals surface area contributed by atoms with Gasteiger partial charge in [-0.1, -0.05) is 12.8 Å². The normalized spacial score (nSPS) is 58.4. The van der Waals surface area contributed by atoms with Crippen LogP contribution in [0.15, 0.2) is 0 Å². The fourth-order valence-electron chi connectivity index (χ4n) is 4.12. The van der Waals surface area contributed by atoms with Crippen molar-refractivity contribution >= 4 is 5.78 Å². The van der Waals surface area contributed by atoms with E-state index in [1.54, 1.807) is 0 Å². The van der Waals surface area contributed by atoms with E-state index in [0.29, 0.717) is 5.78 Å². The van der Waals surface area contributed by atoms with Gasteiger partial charge in [-0.05, 0) is 26.7 Å². The molecular weight excluding hydrogens is 236 g/mol. The predicted octanol–water partition coefficient (Wildman–Crippen LogP) is 1.55. The summed E-state index contributed by atoms with van der Waals surface area (Å²) in [5, 5.41) is 0. The Morgan fingerprint density at radius 1 is 1.00 bits per heavy atom. The third-order valence-corrected chi connectivity index (χ3v) is 5.16. The fourth-order valence-corrected chi connectivity index (χ4v) is 4.12. The second-order valence-electron chi connectivity index (χ2n) is 6.25. The van der Waals surface area contributed by atoms with Gasteiger partial charge < -0.3 is 9.47 Å². The van der Waals surface area contributed by atoms with Crippen molar-refractivity contribution < 1.29 is 24.0 Å². The number of ketones is 1. The Morgan fingerprint density at radius 3 is 2.00 bits per heavy atom. The molecule has 0 spiro atoms. The molecule has 0 aromatic heterocycles. The molecule has 3 aliphatic heterocycles. The highest BCUT2D eigenvalue weighted by Crippen LogP contribution is 2.56. The van der Waals surface area contributed by atoms with Gasteiger partial charge in [-0.15, -0.1) is 0 Å². The molecule has 5 nitrogen and oxygen atoms in total. The first-order valence-electron chi connectivity index (χ1n) is 6.77. The molecule has 4 fully saturated rings. The van der Waals surface area contributed by atoms with Crippen molar-refractivity contribution in [3.63, 3.8) is 0 Å². The first-order chi connectivity index (χ1) is 8.56. The van der Waals surface area contributed by atoms with Crippen LogP contribution >= 0.6 is 0 Å². The van der Waals surface area contributed by atoms with E-state index in [-0.39, 0.29) is 11.8 Å². The molecule has 1 aliphatic carbocycles. The molecule has 4 aliphatic rings. The minimum absolute atomic E-state index is 0.134. The summed E-state index contributed by atoms with van der Waals surface area (Å²) >= 11 is 0. The molecule has 3 saturated heterocycles. The van der Waals surface area contributed by atoms with Crippen LogP contribution in [0.25, 0.3) is 0 Å². The van der Waals surface area contributed by atoms with Crippen molar-refractivity contribution in [3.8, 4) is 0 Å². The van der Waals surface area contributed by atoms with Crippen LogP contribution in [0.1, 0.15) is 39.5 Å². The lowest BCUT2D eigenvalue weighted by molar-refractivity contribution is -0.343. The molecule has 0 amide bonds. The van der Waals surface area contributed by atoms with E-state index in [1.165, 1.54) is 0 Å². The number of carbonyl (C=O) groups excluding carboxylic acids is 1. The molecule has 5 heteroatoms. The number of hydrogen-bond acceptors (Lipinski definition) is 5. The van der Waals surface area contributed by atoms with E-state index in [2.05, 4.69) is 0 Å². The van der Waals surface area contributed by atoms with Crippen LogP contribution in [0.3, 0.4) is 0 Å². The largest absolute Gasteiger partial charge is 0.357 e. The van der Waals surface area contributed by atoms with Crippen molar-refractivity contribution in [3.05, 3.63) is 0 Å². The summed E-state index contributed by atoms with van der Waals surface area (Å²) in [5.41, 5.74) is -1.42. The van der Waals surface area contributed by atoms with E-state index in [9.17, 15) is 4.79 Å². The van der Waals surface area contributed by atoms with Crippen LogP contribution in [0.5, 0.6) is 0 Å². The van der Waals surface area contributed by atoms with E-state index in [4.69, 9.17) is 19.2 Å². The summed E-state index contributed by atoms with van der Waals surface area (Å²) in [6, 6.07) is 0. The van der Waals surface area contributed by atoms with Crippen LogP contribution < -0.4 is 0 Å². The van der Waals surface area contributed by atoms with E-state index < -0.39 is 23.8 Å². The van der Waals surface area contributed by atoms with Crippen LogP contribution in [0, 0.1) is 11.8 Å². The van der Waals surface area contributed by atoms with Crippen molar-refractivity contribution in [2.45, 2.75) is 63.3 Å². The zero-order valence-corrected chi connectivity index (χ0v) is 10.7. The van der Waals surface area contributed by atoms with E-state index in [1.807, 2.05) is 13.8 Å². The second kappa shape index (κ2) is 3.33. The molecule has 6 unspecified atom stereocenters. The maximum absolute atomic E-state index is 12.7. The maximum atomic E-state index is 12.7. The standard InChI is InChI=1S/C13H18O5/c1-12-7-5-3-4-6-8(9(7)14)13(2,18-12)11-15-10(12)16-17-11/h7-8,10-11H,3-6H2,1-2H3. The third-order valence-electron chi connectivity index (χ3n) is 5.16. The first-order valence-corrected chi connectivity index (χ1v) is 6.77. The summed E-state index contributed by atoms with van der Waals surface area (Å²) in [5.74, 6) is 0.0487. The van der Waals surface area contributed by atoms with Crippen LogP contribution in [0.2, 0.25) is 0 Å². The minimum atomic E-state index is -0.709. The number of Topliss-reactive ketones (excluding diaryl/α,β-unsaturated/α-hetero) is 1. The van der Waals surface area contributed by atoms with Crippen molar-refractivity contribution in [1.82, 2.24) is 0 Å². The molecule has 4 rings (SSSR count). The first kappa shape index (κ1) is 11.3. The molecular formula is C13H18O5. The van der Waals surface area contributed by atoms with Gasteiger partial charge in [-0.25, -0.2) is 0 Å². The second-order valence-corrected chi connectivity index (χ2v) is 6.25. The van der Waals surface area contributed by atoms with Gasteiger partial charge in [0.2, 0.25) is 12.6 Å². The van der Waals surface area contributed by atoms with E-state index >= 15 is 0 Å². The Kier molecular flexibility index (Phi) is 2.10. The van der Waals surface area contributed by atoms with Gasteiger partial charge >= 0.3 is 0 Å². The number of hydrogen-bond donors (Lipinski definition) is 0. The molecule has 1 saturated carbocycles. The molecule has 0 radical (unpaired) electrons. The number of fused-ring (bicyclic) bond motifs is 10. The van der Waals surface area contributed by atoms with Gasteiger partial charge in [0.1, 0.15) is 17.0 Å². The maximum Gasteiger partial charge on any atom is 0.223 e. The van der Waals surface area contributed by atoms with Crippen LogP contribution in [-0.4, -0.2) is 29.6 Å². The Bertz CT molecular complexity index is 376. The molecule has 100 valence electrons. The summed E-state index contributed by atoms with van der Waals surface area (Å²) in [7, 11) is 0. The van der Waals surface area contributed by atoms with Crippen molar-refractivity contribution in [1.29, 1.82) is 0 Å². The zero-order chi connectivity index (χ0) is 12.5. The average Bonchev–Trinajstić information content (AvgIpc) is 2.71.